The second kappa shape index (κ2) is 10.2. The molecule has 6 rings (SSSR count). The van der Waals surface area contributed by atoms with E-state index in [1.165, 1.54) is 64.2 Å². The smallest absolute Gasteiger partial charge is 0.0199 e. The molecule has 0 aliphatic heterocycles. The van der Waals surface area contributed by atoms with Gasteiger partial charge in [-0.3, -0.25) is 0 Å². The van der Waals surface area contributed by atoms with Gasteiger partial charge in [0.15, 0.2) is 0 Å². The number of hydrogen-bond acceptors (Lipinski definition) is 0. The molecule has 0 heteroatoms. The van der Waals surface area contributed by atoms with E-state index in [1.54, 1.807) is 0 Å². The summed E-state index contributed by atoms with van der Waals surface area (Å²) < 4.78 is 0. The van der Waals surface area contributed by atoms with Crippen molar-refractivity contribution in [2.24, 2.45) is 59.2 Å². The summed E-state index contributed by atoms with van der Waals surface area (Å²) in [6.45, 7) is 9.36. The van der Waals surface area contributed by atoms with Gasteiger partial charge in [-0.15, -0.1) is 0 Å². The van der Waals surface area contributed by atoms with Gasteiger partial charge in [0.25, 0.3) is 0 Å². The molecule has 0 heterocycles. The number of unbranched alkanes of at least 4 members (excludes halogenated alkanes) is 1. The Morgan fingerprint density at radius 1 is 0.700 bits per heavy atom. The fraction of sp³-hybridized carbons (Fsp3) is 0.800. The highest BCUT2D eigenvalue weighted by molar-refractivity contribution is 5.11. The first kappa shape index (κ1) is 22.4. The SMILES string of the molecule is CC(C)CC1CC2C=CC1C2.CC1C2C=CC1CC2.CCCCC1CC2C=CC1C2. The maximum Gasteiger partial charge on any atom is -0.0199 e. The summed E-state index contributed by atoms with van der Waals surface area (Å²) in [6.07, 6.45) is 29.2. The monoisotopic (exact) mass is 408 g/mol. The Bertz CT molecular complexity index is 608. The molecule has 0 nitrogen and oxygen atoms in total. The van der Waals surface area contributed by atoms with Gasteiger partial charge in [0.1, 0.15) is 0 Å². The van der Waals surface area contributed by atoms with Crippen LogP contribution in [0.4, 0.5) is 0 Å². The minimum Gasteiger partial charge on any atom is -0.0851 e. The Kier molecular flexibility index (Phi) is 7.64. The summed E-state index contributed by atoms with van der Waals surface area (Å²) in [5.74, 6) is 9.76. The highest BCUT2D eigenvalue weighted by Crippen LogP contribution is 2.46. The highest BCUT2D eigenvalue weighted by atomic mass is 14.4. The fourth-order valence-electron chi connectivity index (χ4n) is 7.52. The van der Waals surface area contributed by atoms with Crippen LogP contribution in [-0.2, 0) is 0 Å². The van der Waals surface area contributed by atoms with Crippen LogP contribution in [0.5, 0.6) is 0 Å². The van der Waals surface area contributed by atoms with Gasteiger partial charge in [0, 0.05) is 0 Å². The van der Waals surface area contributed by atoms with Crippen molar-refractivity contribution >= 4 is 0 Å². The lowest BCUT2D eigenvalue weighted by atomic mass is 9.86. The first-order valence-electron chi connectivity index (χ1n) is 13.6. The molecule has 6 aliphatic carbocycles. The van der Waals surface area contributed by atoms with Crippen molar-refractivity contribution in [3.05, 3.63) is 36.5 Å². The Balaban J connectivity index is 0.000000110. The van der Waals surface area contributed by atoms with Gasteiger partial charge in [-0.25, -0.2) is 0 Å². The van der Waals surface area contributed by atoms with E-state index in [-0.39, 0.29) is 0 Å². The first-order valence-corrected chi connectivity index (χ1v) is 13.6. The van der Waals surface area contributed by atoms with E-state index in [9.17, 15) is 0 Å². The normalized spacial score (nSPS) is 43.3. The van der Waals surface area contributed by atoms with Crippen molar-refractivity contribution in [1.29, 1.82) is 0 Å². The van der Waals surface area contributed by atoms with E-state index in [2.05, 4.69) is 64.2 Å². The Morgan fingerprint density at radius 2 is 1.23 bits per heavy atom. The molecule has 0 spiro atoms. The lowest BCUT2D eigenvalue weighted by Gasteiger charge is -2.19. The van der Waals surface area contributed by atoms with E-state index in [0.29, 0.717) is 0 Å². The summed E-state index contributed by atoms with van der Waals surface area (Å²) in [6, 6.07) is 0. The topological polar surface area (TPSA) is 0 Å². The highest BCUT2D eigenvalue weighted by Gasteiger charge is 2.36. The number of rotatable bonds is 5. The van der Waals surface area contributed by atoms with Crippen molar-refractivity contribution in [3.63, 3.8) is 0 Å². The largest absolute Gasteiger partial charge is 0.0851 e. The van der Waals surface area contributed by atoms with Gasteiger partial charge in [-0.05, 0) is 111 Å². The van der Waals surface area contributed by atoms with Gasteiger partial charge < -0.3 is 0 Å². The zero-order chi connectivity index (χ0) is 21.1. The summed E-state index contributed by atoms with van der Waals surface area (Å²) in [5.41, 5.74) is 0. The van der Waals surface area contributed by atoms with Crippen LogP contribution in [-0.4, -0.2) is 0 Å². The second-order valence-corrected chi connectivity index (χ2v) is 12.0. The molecule has 0 aromatic heterocycles. The molecule has 3 fully saturated rings. The average molecular weight is 409 g/mol. The standard InChI is InChI=1S/2C11H18.C8H12/c1-8(2)5-11-7-9-3-4-10(11)6-9;1-2-3-4-10-7-9-5-6-11(10)8-9;1-6-7-2-3-8(6)5-4-7/h3-4,8-11H,5-7H2,1-2H3;5-6,9-11H,2-4,7-8H2,1H3;2-3,6-8H,4-5H2,1H3. The van der Waals surface area contributed by atoms with E-state index in [4.69, 9.17) is 0 Å². The number of allylic oxidation sites excluding steroid dienone is 6. The molecule has 0 aromatic carbocycles. The molecule has 3 saturated carbocycles. The molecule has 0 amide bonds. The zero-order valence-electron chi connectivity index (χ0n) is 20.3. The van der Waals surface area contributed by atoms with E-state index >= 15 is 0 Å². The van der Waals surface area contributed by atoms with Crippen LogP contribution >= 0.6 is 0 Å². The van der Waals surface area contributed by atoms with Gasteiger partial charge in [-0.1, -0.05) is 77.0 Å². The molecule has 6 aliphatic rings. The number of fused-ring (bicyclic) bond motifs is 6. The van der Waals surface area contributed by atoms with E-state index < -0.39 is 0 Å². The Hall–Kier alpha value is -0.780. The van der Waals surface area contributed by atoms with Crippen LogP contribution < -0.4 is 0 Å². The fourth-order valence-corrected chi connectivity index (χ4v) is 7.52. The van der Waals surface area contributed by atoms with Gasteiger partial charge in [-0.2, -0.15) is 0 Å². The predicted octanol–water partition coefficient (Wildman–Crippen LogP) is 8.85. The van der Waals surface area contributed by atoms with E-state index in [1.807, 2.05) is 0 Å². The lowest BCUT2D eigenvalue weighted by molar-refractivity contribution is 0.359. The molecular formula is C30H48. The van der Waals surface area contributed by atoms with Crippen molar-refractivity contribution in [2.45, 2.75) is 91.9 Å². The third-order valence-electron chi connectivity index (χ3n) is 9.32. The van der Waals surface area contributed by atoms with Crippen molar-refractivity contribution in [3.8, 4) is 0 Å². The van der Waals surface area contributed by atoms with Crippen LogP contribution in [0.1, 0.15) is 91.9 Å². The van der Waals surface area contributed by atoms with Crippen molar-refractivity contribution in [1.82, 2.24) is 0 Å². The van der Waals surface area contributed by atoms with Crippen LogP contribution in [0.25, 0.3) is 0 Å². The summed E-state index contributed by atoms with van der Waals surface area (Å²) in [7, 11) is 0. The molecule has 0 N–H and O–H groups in total. The predicted molar refractivity (Wildman–Crippen MR) is 131 cm³/mol. The maximum atomic E-state index is 2.47. The van der Waals surface area contributed by atoms with Crippen LogP contribution in [0.2, 0.25) is 0 Å². The van der Waals surface area contributed by atoms with Crippen molar-refractivity contribution < 1.29 is 0 Å². The van der Waals surface area contributed by atoms with Crippen LogP contribution in [0.3, 0.4) is 0 Å². The third kappa shape index (κ3) is 5.34. The van der Waals surface area contributed by atoms with Gasteiger partial charge in [0.05, 0.1) is 0 Å². The average Bonchev–Trinajstić information content (AvgIpc) is 3.57. The molecule has 6 bridgehead atoms. The minimum atomic E-state index is 0.896. The molecule has 30 heavy (non-hydrogen) atoms. The summed E-state index contributed by atoms with van der Waals surface area (Å²) in [4.78, 5) is 0. The summed E-state index contributed by atoms with van der Waals surface area (Å²) >= 11 is 0. The molecule has 8 atom stereocenters. The number of hydrogen-bond donors (Lipinski definition) is 0. The molecule has 0 saturated heterocycles. The lowest BCUT2D eigenvalue weighted by Crippen LogP contribution is -2.09. The molecule has 0 aromatic rings. The first-order chi connectivity index (χ1) is 14.5. The van der Waals surface area contributed by atoms with Gasteiger partial charge in [0.2, 0.25) is 0 Å². The minimum absolute atomic E-state index is 0.896. The maximum absolute atomic E-state index is 2.47. The second-order valence-electron chi connectivity index (χ2n) is 12.0. The Labute approximate surface area is 187 Å². The molecular weight excluding hydrogens is 360 g/mol. The van der Waals surface area contributed by atoms with Crippen LogP contribution in [0.15, 0.2) is 36.5 Å². The van der Waals surface area contributed by atoms with Crippen molar-refractivity contribution in [2.75, 3.05) is 0 Å². The van der Waals surface area contributed by atoms with E-state index in [0.717, 1.165) is 59.2 Å². The quantitative estimate of drug-likeness (QED) is 0.398. The summed E-state index contributed by atoms with van der Waals surface area (Å²) in [5, 5.41) is 0. The molecule has 8 unspecified atom stereocenters. The third-order valence-corrected chi connectivity index (χ3v) is 9.32. The molecule has 168 valence electrons. The van der Waals surface area contributed by atoms with Crippen LogP contribution in [0, 0.1) is 59.2 Å². The Morgan fingerprint density at radius 3 is 1.57 bits per heavy atom. The molecule has 0 radical (unpaired) electrons. The zero-order valence-corrected chi connectivity index (χ0v) is 20.3. The van der Waals surface area contributed by atoms with Gasteiger partial charge >= 0.3 is 0 Å².